The Hall–Kier alpha value is -2.95. The Balaban J connectivity index is 1.92. The summed E-state index contributed by atoms with van der Waals surface area (Å²) in [5, 5.41) is 0. The Morgan fingerprint density at radius 2 is 1.68 bits per heavy atom. The molecule has 28 heavy (non-hydrogen) atoms. The Morgan fingerprint density at radius 1 is 0.929 bits per heavy atom. The number of anilines is 3. The fourth-order valence-corrected chi connectivity index (χ4v) is 5.06. The van der Waals surface area contributed by atoms with E-state index in [4.69, 9.17) is 4.74 Å². The fourth-order valence-electron chi connectivity index (χ4n) is 5.06. The van der Waals surface area contributed by atoms with Crippen LogP contribution in [0, 0.1) is 20.8 Å². The van der Waals surface area contributed by atoms with Gasteiger partial charge >= 0.3 is 6.98 Å². The number of aryl methyl sites for hydroxylation is 2. The Morgan fingerprint density at radius 3 is 2.43 bits per heavy atom. The Labute approximate surface area is 167 Å². The van der Waals surface area contributed by atoms with E-state index in [1.165, 1.54) is 50.5 Å². The van der Waals surface area contributed by atoms with Crippen LogP contribution in [0.3, 0.4) is 0 Å². The highest BCUT2D eigenvalue weighted by Gasteiger charge is 2.55. The largest absolute Gasteiger partial charge is 0.538 e. The second-order valence-electron chi connectivity index (χ2n) is 7.95. The molecule has 4 nitrogen and oxygen atoms in total. The number of methoxy groups -OCH3 is 1. The molecule has 0 unspecified atom stereocenters. The van der Waals surface area contributed by atoms with Crippen LogP contribution < -0.4 is 24.4 Å². The molecule has 0 aliphatic carbocycles. The molecule has 2 aromatic carbocycles. The molecule has 5 heteroatoms. The zero-order chi connectivity index (χ0) is 19.7. The van der Waals surface area contributed by atoms with Crippen molar-refractivity contribution in [3.63, 3.8) is 0 Å². The van der Waals surface area contributed by atoms with Gasteiger partial charge in [-0.15, -0.1) is 0 Å². The molecule has 0 atom stereocenters. The number of pyridine rings is 1. The van der Waals surface area contributed by atoms with Gasteiger partial charge in [-0.25, -0.2) is 4.57 Å². The summed E-state index contributed by atoms with van der Waals surface area (Å²) >= 11 is 0. The second kappa shape index (κ2) is 5.77. The minimum absolute atomic E-state index is 0.135. The molecule has 0 fully saturated rings. The highest BCUT2D eigenvalue weighted by atomic mass is 16.5. The molecule has 140 valence electrons. The summed E-state index contributed by atoms with van der Waals surface area (Å²) in [6.07, 6.45) is 2.24. The van der Waals surface area contributed by atoms with Gasteiger partial charge in [0.15, 0.2) is 0 Å². The maximum Gasteiger partial charge on any atom is 0.538 e. The van der Waals surface area contributed by atoms with Gasteiger partial charge in [-0.3, -0.25) is 4.81 Å². The van der Waals surface area contributed by atoms with Crippen LogP contribution in [0.5, 0.6) is 5.75 Å². The average molecular weight is 370 g/mol. The lowest BCUT2D eigenvalue weighted by Gasteiger charge is -2.31. The molecule has 3 aromatic rings. The monoisotopic (exact) mass is 370 g/mol. The lowest BCUT2D eigenvalue weighted by Crippen LogP contribution is -2.57. The molecule has 0 saturated heterocycles. The van der Waals surface area contributed by atoms with E-state index in [1.54, 1.807) is 7.11 Å². The smallest absolute Gasteiger partial charge is 0.496 e. The van der Waals surface area contributed by atoms with E-state index >= 15 is 0 Å². The van der Waals surface area contributed by atoms with Crippen molar-refractivity contribution in [2.75, 3.05) is 23.8 Å². The zero-order valence-electron chi connectivity index (χ0n) is 17.4. The lowest BCUT2D eigenvalue weighted by atomic mass is 9.59. The number of fused-ring (bicyclic) bond motifs is 8. The predicted octanol–water partition coefficient (Wildman–Crippen LogP) is 3.41. The van der Waals surface area contributed by atoms with Gasteiger partial charge in [-0.1, -0.05) is 24.3 Å². The van der Waals surface area contributed by atoms with Crippen LogP contribution in [-0.4, -0.2) is 21.1 Å². The molecule has 1 aromatic heterocycles. The SMILES string of the molecule is COc1ccc2c(c1C)N1B(c3ccccc3-2)N(C)c2c(C)c(C)c[n+](C)c21. The molecule has 5 rings (SSSR count). The van der Waals surface area contributed by atoms with Gasteiger partial charge in [0.05, 0.1) is 20.4 Å². The summed E-state index contributed by atoms with van der Waals surface area (Å²) < 4.78 is 7.96. The summed E-state index contributed by atoms with van der Waals surface area (Å²) in [6.45, 7) is 6.73. The van der Waals surface area contributed by atoms with Crippen LogP contribution >= 0.6 is 0 Å². The molecule has 2 aliphatic heterocycles. The van der Waals surface area contributed by atoms with Gasteiger partial charge in [-0.2, -0.15) is 0 Å². The number of benzene rings is 2. The summed E-state index contributed by atoms with van der Waals surface area (Å²) in [7, 11) is 6.12. The molecule has 2 aliphatic rings. The molecule has 0 saturated carbocycles. The zero-order valence-corrected chi connectivity index (χ0v) is 17.4. The highest BCUT2D eigenvalue weighted by Crippen LogP contribution is 2.50. The van der Waals surface area contributed by atoms with E-state index in [9.17, 15) is 0 Å². The minimum atomic E-state index is 0.135. The number of ether oxygens (including phenoxy) is 1. The van der Waals surface area contributed by atoms with E-state index in [2.05, 4.69) is 91.7 Å². The van der Waals surface area contributed by atoms with Crippen molar-refractivity contribution >= 4 is 29.6 Å². The maximum absolute atomic E-state index is 5.69. The summed E-state index contributed by atoms with van der Waals surface area (Å²) in [4.78, 5) is 4.93. The second-order valence-corrected chi connectivity index (χ2v) is 7.95. The van der Waals surface area contributed by atoms with Gasteiger partial charge in [0, 0.05) is 16.6 Å². The van der Waals surface area contributed by atoms with Crippen molar-refractivity contribution in [3.05, 3.63) is 59.3 Å². The average Bonchev–Trinajstić information content (AvgIpc) is 3.00. The van der Waals surface area contributed by atoms with Gasteiger partial charge < -0.3 is 9.55 Å². The summed E-state index contributed by atoms with van der Waals surface area (Å²) in [5.41, 5.74) is 10.3. The van der Waals surface area contributed by atoms with E-state index in [-0.39, 0.29) is 6.98 Å². The van der Waals surface area contributed by atoms with Crippen molar-refractivity contribution < 1.29 is 9.30 Å². The van der Waals surface area contributed by atoms with Gasteiger partial charge in [0.1, 0.15) is 17.1 Å². The molecule has 0 spiro atoms. The third kappa shape index (κ3) is 1.99. The number of rotatable bonds is 1. The number of nitrogens with zero attached hydrogens (tertiary/aromatic N) is 3. The van der Waals surface area contributed by atoms with Crippen LogP contribution in [0.4, 0.5) is 17.2 Å². The molecule has 0 bridgehead atoms. The first kappa shape index (κ1) is 17.2. The normalized spacial score (nSPS) is 13.9. The van der Waals surface area contributed by atoms with Crippen molar-refractivity contribution in [2.24, 2.45) is 7.05 Å². The van der Waals surface area contributed by atoms with E-state index in [1.807, 2.05) is 0 Å². The maximum atomic E-state index is 5.69. The fraction of sp³-hybridized carbons (Fsp3) is 0.261. The highest BCUT2D eigenvalue weighted by molar-refractivity contribution is 6.85. The van der Waals surface area contributed by atoms with Crippen LogP contribution in [0.25, 0.3) is 11.1 Å². The van der Waals surface area contributed by atoms with Gasteiger partial charge in [0.25, 0.3) is 5.82 Å². The molecule has 0 N–H and O–H groups in total. The third-order valence-electron chi connectivity index (χ3n) is 6.44. The van der Waals surface area contributed by atoms with Crippen molar-refractivity contribution in [2.45, 2.75) is 20.8 Å². The summed E-state index contributed by atoms with van der Waals surface area (Å²) in [6, 6.07) is 13.1. The van der Waals surface area contributed by atoms with Crippen LogP contribution in [0.1, 0.15) is 16.7 Å². The van der Waals surface area contributed by atoms with Crippen LogP contribution in [-0.2, 0) is 7.05 Å². The lowest BCUT2D eigenvalue weighted by molar-refractivity contribution is -0.657. The quantitative estimate of drug-likeness (QED) is 0.484. The molecule has 0 amide bonds. The number of aromatic nitrogens is 1. The molecular weight excluding hydrogens is 345 g/mol. The van der Waals surface area contributed by atoms with Crippen LogP contribution in [0.15, 0.2) is 42.6 Å². The first-order valence-corrected chi connectivity index (χ1v) is 9.74. The predicted molar refractivity (Wildman–Crippen MR) is 116 cm³/mol. The summed E-state index contributed by atoms with van der Waals surface area (Å²) in [5.74, 6) is 2.17. The van der Waals surface area contributed by atoms with E-state index in [0.29, 0.717) is 0 Å². The Bertz CT molecular complexity index is 1140. The van der Waals surface area contributed by atoms with Crippen molar-refractivity contribution in [1.29, 1.82) is 0 Å². The molecule has 0 radical (unpaired) electrons. The number of hydrogen-bond acceptors (Lipinski definition) is 3. The van der Waals surface area contributed by atoms with Gasteiger partial charge in [0.2, 0.25) is 0 Å². The van der Waals surface area contributed by atoms with Gasteiger partial charge in [-0.05, 0) is 56.6 Å². The topological polar surface area (TPSA) is 19.6 Å². The molecule has 3 heterocycles. The molecular formula is C23H25BN3O+. The van der Waals surface area contributed by atoms with Crippen LogP contribution in [0.2, 0.25) is 0 Å². The minimum Gasteiger partial charge on any atom is -0.496 e. The van der Waals surface area contributed by atoms with E-state index < -0.39 is 0 Å². The first-order chi connectivity index (χ1) is 13.5. The van der Waals surface area contributed by atoms with Crippen molar-refractivity contribution in [3.8, 4) is 16.9 Å². The third-order valence-corrected chi connectivity index (χ3v) is 6.44. The van der Waals surface area contributed by atoms with E-state index in [0.717, 1.165) is 5.75 Å². The Kier molecular flexibility index (Phi) is 3.54. The standard InChI is InChI=1S/C23H25BN3O/c1-14-13-25(4)23-22(15(14)2)26(5)24-19-10-8-7-9-17(19)18-11-12-20(28-6)16(3)21(18)27(23)24/h7-13H,1-6H3/q+1. The number of hydrogen-bond donors (Lipinski definition) is 0. The first-order valence-electron chi connectivity index (χ1n) is 9.74. The van der Waals surface area contributed by atoms with Crippen molar-refractivity contribution in [1.82, 2.24) is 0 Å².